The van der Waals surface area contributed by atoms with Gasteiger partial charge in [-0.3, -0.25) is 0 Å². The summed E-state index contributed by atoms with van der Waals surface area (Å²) in [5.74, 6) is 0. The normalized spacial score (nSPS) is 11.5. The molecule has 0 spiro atoms. The van der Waals surface area contributed by atoms with Crippen LogP contribution in [-0.2, 0) is 0 Å². The Balaban J connectivity index is 1.04. The van der Waals surface area contributed by atoms with Crippen molar-refractivity contribution in [3.63, 3.8) is 0 Å². The van der Waals surface area contributed by atoms with E-state index in [1.165, 1.54) is 99.0 Å². The van der Waals surface area contributed by atoms with Crippen molar-refractivity contribution in [2.75, 3.05) is 0 Å². The van der Waals surface area contributed by atoms with Gasteiger partial charge in [0.25, 0.3) is 0 Å². The maximum atomic E-state index is 2.43. The van der Waals surface area contributed by atoms with Crippen molar-refractivity contribution in [1.82, 2.24) is 4.57 Å². The van der Waals surface area contributed by atoms with Crippen LogP contribution in [0.5, 0.6) is 0 Å². The van der Waals surface area contributed by atoms with Crippen molar-refractivity contribution in [3.05, 3.63) is 224 Å². The highest BCUT2D eigenvalue weighted by atomic mass is 15.0. The predicted molar refractivity (Wildman–Crippen MR) is 243 cm³/mol. The van der Waals surface area contributed by atoms with Gasteiger partial charge in [0.1, 0.15) is 0 Å². The Labute approximate surface area is 332 Å². The van der Waals surface area contributed by atoms with Crippen LogP contribution in [0.1, 0.15) is 0 Å². The van der Waals surface area contributed by atoms with Crippen LogP contribution in [0.2, 0.25) is 0 Å². The maximum absolute atomic E-state index is 2.43. The Kier molecular flexibility index (Phi) is 7.89. The standard InChI is InChI=1S/C56H37N/c1-3-11-38(12-4-1)40-19-23-42(24-20-40)45-29-33-55-53(35-45)54-36-46(43-25-21-41(22-26-43)39-13-5-2-6-14-39)30-34-56(54)57(55)48-31-27-44(28-32-48)52-37-47-15-7-8-16-49(47)50-17-9-10-18-51(50)52/h1-37H. The van der Waals surface area contributed by atoms with Gasteiger partial charge in [-0.1, -0.05) is 182 Å². The second kappa shape index (κ2) is 13.7. The van der Waals surface area contributed by atoms with E-state index in [0.29, 0.717) is 0 Å². The molecule has 1 heteroatoms. The highest BCUT2D eigenvalue weighted by molar-refractivity contribution is 6.14. The zero-order valence-corrected chi connectivity index (χ0v) is 31.3. The molecule has 0 N–H and O–H groups in total. The SMILES string of the molecule is c1ccc(-c2ccc(-c3ccc4c(c3)c3cc(-c5ccc(-c6ccccc6)cc5)ccc3n4-c3ccc(-c4cc5ccccc5c5ccccc45)cc3)cc2)cc1. The van der Waals surface area contributed by atoms with Crippen LogP contribution in [0.25, 0.3) is 105 Å². The lowest BCUT2D eigenvalue weighted by molar-refractivity contribution is 1.18. The third kappa shape index (κ3) is 5.80. The molecule has 266 valence electrons. The number of nitrogens with zero attached hydrogens (tertiary/aromatic N) is 1. The van der Waals surface area contributed by atoms with E-state index in [4.69, 9.17) is 0 Å². The molecule has 1 aromatic heterocycles. The molecule has 0 aliphatic heterocycles. The maximum Gasteiger partial charge on any atom is 0.0541 e. The van der Waals surface area contributed by atoms with Gasteiger partial charge in [0.15, 0.2) is 0 Å². The van der Waals surface area contributed by atoms with Crippen LogP contribution in [0.15, 0.2) is 224 Å². The fourth-order valence-electron chi connectivity index (χ4n) is 8.72. The lowest BCUT2D eigenvalue weighted by Crippen LogP contribution is -1.94. The Morgan fingerprint density at radius 1 is 0.228 bits per heavy atom. The van der Waals surface area contributed by atoms with E-state index in [9.17, 15) is 0 Å². The van der Waals surface area contributed by atoms with Gasteiger partial charge in [-0.15, -0.1) is 0 Å². The lowest BCUT2D eigenvalue weighted by atomic mass is 9.93. The molecule has 0 saturated carbocycles. The van der Waals surface area contributed by atoms with E-state index in [-0.39, 0.29) is 0 Å². The minimum Gasteiger partial charge on any atom is -0.309 e. The quantitative estimate of drug-likeness (QED) is 0.151. The molecule has 0 atom stereocenters. The molecule has 10 aromatic carbocycles. The number of aromatic nitrogens is 1. The third-order valence-corrected chi connectivity index (χ3v) is 11.6. The van der Waals surface area contributed by atoms with E-state index in [0.717, 1.165) is 5.69 Å². The summed E-state index contributed by atoms with van der Waals surface area (Å²) in [6, 6.07) is 81.9. The lowest BCUT2D eigenvalue weighted by Gasteiger charge is -2.13. The van der Waals surface area contributed by atoms with E-state index in [1.54, 1.807) is 0 Å². The fourth-order valence-corrected chi connectivity index (χ4v) is 8.72. The van der Waals surface area contributed by atoms with E-state index < -0.39 is 0 Å². The molecule has 0 bridgehead atoms. The molecule has 0 radical (unpaired) electrons. The topological polar surface area (TPSA) is 4.93 Å². The van der Waals surface area contributed by atoms with Crippen LogP contribution in [0.3, 0.4) is 0 Å². The minimum atomic E-state index is 1.14. The van der Waals surface area contributed by atoms with Crippen molar-refractivity contribution in [2.45, 2.75) is 0 Å². The highest BCUT2D eigenvalue weighted by Crippen LogP contribution is 2.40. The molecule has 1 heterocycles. The van der Waals surface area contributed by atoms with Crippen molar-refractivity contribution < 1.29 is 0 Å². The molecule has 0 unspecified atom stereocenters. The van der Waals surface area contributed by atoms with Crippen molar-refractivity contribution in [2.24, 2.45) is 0 Å². The monoisotopic (exact) mass is 723 g/mol. The molecule has 0 amide bonds. The smallest absolute Gasteiger partial charge is 0.0541 e. The Morgan fingerprint density at radius 3 is 1.14 bits per heavy atom. The molecule has 0 fully saturated rings. The summed E-state index contributed by atoms with van der Waals surface area (Å²) in [6.45, 7) is 0. The van der Waals surface area contributed by atoms with Gasteiger partial charge in [-0.25, -0.2) is 0 Å². The molecule has 11 rings (SSSR count). The number of rotatable bonds is 6. The van der Waals surface area contributed by atoms with Gasteiger partial charge in [0, 0.05) is 16.5 Å². The van der Waals surface area contributed by atoms with E-state index in [1.807, 2.05) is 0 Å². The Hall–Kier alpha value is -7.48. The van der Waals surface area contributed by atoms with Crippen molar-refractivity contribution in [1.29, 1.82) is 0 Å². The molecular formula is C56H37N. The second-order valence-corrected chi connectivity index (χ2v) is 14.9. The fraction of sp³-hybridized carbons (Fsp3) is 0. The summed E-state index contributed by atoms with van der Waals surface area (Å²) in [7, 11) is 0. The third-order valence-electron chi connectivity index (χ3n) is 11.6. The van der Waals surface area contributed by atoms with Gasteiger partial charge in [-0.2, -0.15) is 0 Å². The van der Waals surface area contributed by atoms with Crippen molar-refractivity contribution in [3.8, 4) is 61.3 Å². The summed E-state index contributed by atoms with van der Waals surface area (Å²) in [5.41, 5.74) is 15.7. The van der Waals surface area contributed by atoms with Gasteiger partial charge < -0.3 is 4.57 Å². The molecule has 11 aromatic rings. The summed E-state index contributed by atoms with van der Waals surface area (Å²) in [6.07, 6.45) is 0. The zero-order chi connectivity index (χ0) is 37.7. The predicted octanol–water partition coefficient (Wildman–Crippen LogP) is 15.4. The van der Waals surface area contributed by atoms with Gasteiger partial charge in [-0.05, 0) is 120 Å². The molecule has 0 aliphatic carbocycles. The van der Waals surface area contributed by atoms with Crippen molar-refractivity contribution >= 4 is 43.4 Å². The summed E-state index contributed by atoms with van der Waals surface area (Å²) >= 11 is 0. The van der Waals surface area contributed by atoms with Gasteiger partial charge >= 0.3 is 0 Å². The molecule has 0 aliphatic rings. The van der Waals surface area contributed by atoms with Crippen LogP contribution in [0, 0.1) is 0 Å². The number of hydrogen-bond acceptors (Lipinski definition) is 0. The average molecular weight is 724 g/mol. The zero-order valence-electron chi connectivity index (χ0n) is 31.3. The molecule has 0 saturated heterocycles. The van der Waals surface area contributed by atoms with Crippen LogP contribution in [-0.4, -0.2) is 4.57 Å². The highest BCUT2D eigenvalue weighted by Gasteiger charge is 2.16. The summed E-state index contributed by atoms with van der Waals surface area (Å²) in [5, 5.41) is 7.58. The van der Waals surface area contributed by atoms with Crippen LogP contribution in [0.4, 0.5) is 0 Å². The second-order valence-electron chi connectivity index (χ2n) is 14.9. The summed E-state index contributed by atoms with van der Waals surface area (Å²) < 4.78 is 2.43. The van der Waals surface area contributed by atoms with E-state index >= 15 is 0 Å². The van der Waals surface area contributed by atoms with Gasteiger partial charge in [0.2, 0.25) is 0 Å². The molecule has 57 heavy (non-hydrogen) atoms. The molecular weight excluding hydrogens is 687 g/mol. The average Bonchev–Trinajstić information content (AvgIpc) is 3.62. The Morgan fingerprint density at radius 2 is 0.614 bits per heavy atom. The Bertz CT molecular complexity index is 3090. The number of hydrogen-bond donors (Lipinski definition) is 0. The first-order valence-corrected chi connectivity index (χ1v) is 19.7. The van der Waals surface area contributed by atoms with Gasteiger partial charge in [0.05, 0.1) is 11.0 Å². The minimum absolute atomic E-state index is 1.14. The number of fused-ring (bicyclic) bond motifs is 6. The first-order valence-electron chi connectivity index (χ1n) is 19.7. The number of benzene rings is 10. The van der Waals surface area contributed by atoms with E-state index in [2.05, 4.69) is 229 Å². The van der Waals surface area contributed by atoms with Crippen LogP contribution < -0.4 is 0 Å². The first-order chi connectivity index (χ1) is 28.2. The molecule has 1 nitrogen and oxygen atoms in total. The van der Waals surface area contributed by atoms with Crippen LogP contribution >= 0.6 is 0 Å². The largest absolute Gasteiger partial charge is 0.309 e. The summed E-state index contributed by atoms with van der Waals surface area (Å²) in [4.78, 5) is 0. The first kappa shape index (κ1) is 32.9.